The topological polar surface area (TPSA) is 58.2 Å². The standard InChI is InChI=1S/C15H17N3O2/c19-13-8-12-14-11(17-13)5-6-16-15(14)20-9-10-4-2-1-3-7-18(10)12/h5-6,8,10H,1-4,7,9H2,(H,17,19). The molecule has 1 atom stereocenters. The zero-order valence-corrected chi connectivity index (χ0v) is 11.3. The second kappa shape index (κ2) is 4.51. The summed E-state index contributed by atoms with van der Waals surface area (Å²) in [7, 11) is 0. The van der Waals surface area contributed by atoms with Crippen molar-refractivity contribution in [2.75, 3.05) is 18.1 Å². The average molecular weight is 271 g/mol. The Morgan fingerprint density at radius 1 is 1.35 bits per heavy atom. The van der Waals surface area contributed by atoms with Crippen molar-refractivity contribution in [3.8, 4) is 5.88 Å². The van der Waals surface area contributed by atoms with E-state index in [-0.39, 0.29) is 5.56 Å². The lowest BCUT2D eigenvalue weighted by molar-refractivity contribution is 0.275. The number of fused-ring (bicyclic) bond motifs is 2. The fourth-order valence-electron chi connectivity index (χ4n) is 3.34. The Morgan fingerprint density at radius 2 is 2.30 bits per heavy atom. The van der Waals surface area contributed by atoms with Crippen LogP contribution in [0.15, 0.2) is 23.1 Å². The largest absolute Gasteiger partial charge is 0.475 e. The molecule has 0 radical (unpaired) electrons. The van der Waals surface area contributed by atoms with Crippen molar-refractivity contribution in [3.05, 3.63) is 28.7 Å². The number of hydrogen-bond donors (Lipinski definition) is 1. The van der Waals surface area contributed by atoms with E-state index >= 15 is 0 Å². The van der Waals surface area contributed by atoms with Gasteiger partial charge in [0.15, 0.2) is 0 Å². The molecule has 1 fully saturated rings. The summed E-state index contributed by atoms with van der Waals surface area (Å²) in [5.74, 6) is 0.641. The number of rotatable bonds is 0. The SMILES string of the molecule is O=c1cc2c3c(nccc3[nH]1)OCC1CCCCCN21. The minimum Gasteiger partial charge on any atom is -0.475 e. The van der Waals surface area contributed by atoms with Crippen LogP contribution in [0.4, 0.5) is 5.69 Å². The lowest BCUT2D eigenvalue weighted by Crippen LogP contribution is -2.38. The molecule has 4 rings (SSSR count). The minimum atomic E-state index is -0.0606. The molecule has 104 valence electrons. The summed E-state index contributed by atoms with van der Waals surface area (Å²) in [4.78, 5) is 21.5. The summed E-state index contributed by atoms with van der Waals surface area (Å²) in [5, 5.41) is 0.941. The van der Waals surface area contributed by atoms with Crippen LogP contribution < -0.4 is 15.2 Å². The highest BCUT2D eigenvalue weighted by atomic mass is 16.5. The van der Waals surface area contributed by atoms with Gasteiger partial charge in [0.2, 0.25) is 11.4 Å². The predicted octanol–water partition coefficient (Wildman–Crippen LogP) is 2.06. The van der Waals surface area contributed by atoms with Crippen molar-refractivity contribution in [1.29, 1.82) is 0 Å². The lowest BCUT2D eigenvalue weighted by Gasteiger charge is -2.29. The molecule has 2 aromatic heterocycles. The van der Waals surface area contributed by atoms with Gasteiger partial charge in [0.1, 0.15) is 6.61 Å². The maximum atomic E-state index is 11.9. The number of nitrogens with zero attached hydrogens (tertiary/aromatic N) is 2. The van der Waals surface area contributed by atoms with Crippen LogP contribution in [-0.2, 0) is 0 Å². The van der Waals surface area contributed by atoms with Gasteiger partial charge in [0, 0.05) is 18.8 Å². The van der Waals surface area contributed by atoms with Gasteiger partial charge >= 0.3 is 0 Å². The number of aromatic amines is 1. The summed E-state index contributed by atoms with van der Waals surface area (Å²) >= 11 is 0. The maximum Gasteiger partial charge on any atom is 0.250 e. The molecule has 5 heteroatoms. The van der Waals surface area contributed by atoms with Crippen LogP contribution in [-0.4, -0.2) is 29.2 Å². The predicted molar refractivity (Wildman–Crippen MR) is 77.5 cm³/mol. The molecule has 1 unspecified atom stereocenters. The van der Waals surface area contributed by atoms with Crippen LogP contribution in [0.25, 0.3) is 10.9 Å². The highest BCUT2D eigenvalue weighted by molar-refractivity contribution is 5.95. The van der Waals surface area contributed by atoms with Crippen LogP contribution in [0.3, 0.4) is 0 Å². The van der Waals surface area contributed by atoms with Crippen molar-refractivity contribution in [1.82, 2.24) is 9.97 Å². The second-order valence-corrected chi connectivity index (χ2v) is 5.57. The van der Waals surface area contributed by atoms with E-state index in [0.717, 1.165) is 29.6 Å². The van der Waals surface area contributed by atoms with Crippen LogP contribution >= 0.6 is 0 Å². The van der Waals surface area contributed by atoms with Crippen LogP contribution in [0.5, 0.6) is 5.88 Å². The Morgan fingerprint density at radius 3 is 3.25 bits per heavy atom. The van der Waals surface area contributed by atoms with E-state index < -0.39 is 0 Å². The fraction of sp³-hybridized carbons (Fsp3) is 0.467. The first-order chi connectivity index (χ1) is 9.83. The highest BCUT2D eigenvalue weighted by Gasteiger charge is 2.28. The van der Waals surface area contributed by atoms with E-state index in [1.807, 2.05) is 6.07 Å². The summed E-state index contributed by atoms with van der Waals surface area (Å²) in [6.07, 6.45) is 6.44. The van der Waals surface area contributed by atoms with Gasteiger partial charge in [-0.2, -0.15) is 0 Å². The first-order valence-electron chi connectivity index (χ1n) is 7.24. The third kappa shape index (κ3) is 1.77. The van der Waals surface area contributed by atoms with Crippen LogP contribution in [0.1, 0.15) is 25.7 Å². The third-order valence-corrected chi connectivity index (χ3v) is 4.30. The summed E-state index contributed by atoms with van der Waals surface area (Å²) in [6.45, 7) is 1.63. The van der Waals surface area contributed by atoms with Crippen LogP contribution in [0.2, 0.25) is 0 Å². The zero-order chi connectivity index (χ0) is 13.5. The first kappa shape index (κ1) is 11.8. The summed E-state index contributed by atoms with van der Waals surface area (Å²) in [6, 6.07) is 3.88. The van der Waals surface area contributed by atoms with E-state index in [1.165, 1.54) is 19.3 Å². The van der Waals surface area contributed by atoms with Crippen molar-refractivity contribution in [2.45, 2.75) is 31.7 Å². The lowest BCUT2D eigenvalue weighted by atomic mass is 10.1. The van der Waals surface area contributed by atoms with Gasteiger partial charge in [-0.3, -0.25) is 4.79 Å². The summed E-state index contributed by atoms with van der Waals surface area (Å²) < 4.78 is 5.91. The normalized spacial score (nSPS) is 21.8. The van der Waals surface area contributed by atoms with Gasteiger partial charge in [-0.25, -0.2) is 4.98 Å². The average Bonchev–Trinajstić information content (AvgIpc) is 2.75. The van der Waals surface area contributed by atoms with E-state index in [9.17, 15) is 4.79 Å². The molecule has 1 saturated heterocycles. The van der Waals surface area contributed by atoms with E-state index in [2.05, 4.69) is 14.9 Å². The monoisotopic (exact) mass is 271 g/mol. The molecule has 0 bridgehead atoms. The molecule has 0 saturated carbocycles. The molecule has 0 amide bonds. The number of pyridine rings is 2. The third-order valence-electron chi connectivity index (χ3n) is 4.30. The number of H-pyrrole nitrogens is 1. The zero-order valence-electron chi connectivity index (χ0n) is 11.3. The Labute approximate surface area is 116 Å². The van der Waals surface area contributed by atoms with Gasteiger partial charge < -0.3 is 14.6 Å². The first-order valence-corrected chi connectivity index (χ1v) is 7.24. The van der Waals surface area contributed by atoms with Gasteiger partial charge in [-0.1, -0.05) is 12.8 Å². The molecule has 0 aromatic carbocycles. The number of anilines is 1. The number of nitrogens with one attached hydrogen (secondary N) is 1. The molecular formula is C15H17N3O2. The van der Waals surface area contributed by atoms with Crippen molar-refractivity contribution in [2.24, 2.45) is 0 Å². The maximum absolute atomic E-state index is 11.9. The Bertz CT molecular complexity index is 710. The molecule has 2 aliphatic rings. The van der Waals surface area contributed by atoms with Gasteiger partial charge in [0.05, 0.1) is 22.6 Å². The van der Waals surface area contributed by atoms with E-state index in [4.69, 9.17) is 4.74 Å². The molecule has 2 aliphatic heterocycles. The van der Waals surface area contributed by atoms with E-state index in [0.29, 0.717) is 18.5 Å². The van der Waals surface area contributed by atoms with Gasteiger partial charge in [-0.15, -0.1) is 0 Å². The molecular weight excluding hydrogens is 254 g/mol. The minimum absolute atomic E-state index is 0.0606. The van der Waals surface area contributed by atoms with Gasteiger partial charge in [0.25, 0.3) is 0 Å². The number of hydrogen-bond acceptors (Lipinski definition) is 4. The molecule has 2 aromatic rings. The number of aromatic nitrogens is 2. The molecule has 4 heterocycles. The Hall–Kier alpha value is -2.04. The Kier molecular flexibility index (Phi) is 2.65. The molecule has 5 nitrogen and oxygen atoms in total. The smallest absolute Gasteiger partial charge is 0.250 e. The quantitative estimate of drug-likeness (QED) is 0.797. The van der Waals surface area contributed by atoms with E-state index in [1.54, 1.807) is 12.3 Å². The van der Waals surface area contributed by atoms with Crippen LogP contribution in [0, 0.1) is 0 Å². The molecule has 1 N–H and O–H groups in total. The number of ether oxygens (including phenoxy) is 1. The molecule has 0 aliphatic carbocycles. The van der Waals surface area contributed by atoms with Gasteiger partial charge in [-0.05, 0) is 18.9 Å². The Balaban J connectivity index is 1.99. The second-order valence-electron chi connectivity index (χ2n) is 5.57. The van der Waals surface area contributed by atoms with Crippen molar-refractivity contribution < 1.29 is 4.74 Å². The van der Waals surface area contributed by atoms with Crippen molar-refractivity contribution >= 4 is 16.6 Å². The fourth-order valence-corrected chi connectivity index (χ4v) is 3.34. The molecule has 0 spiro atoms. The summed E-state index contributed by atoms with van der Waals surface area (Å²) in [5.41, 5.74) is 1.73. The van der Waals surface area contributed by atoms with Crippen molar-refractivity contribution in [3.63, 3.8) is 0 Å². The highest BCUT2D eigenvalue weighted by Crippen LogP contribution is 2.36. The molecule has 20 heavy (non-hydrogen) atoms.